The Labute approximate surface area is 143 Å². The predicted molar refractivity (Wildman–Crippen MR) is 95.7 cm³/mol. The van der Waals surface area contributed by atoms with Crippen molar-refractivity contribution in [3.63, 3.8) is 0 Å². The fourth-order valence-corrected chi connectivity index (χ4v) is 2.65. The molecule has 2 rings (SSSR count). The summed E-state index contributed by atoms with van der Waals surface area (Å²) >= 11 is 5.96. The fourth-order valence-electron chi connectivity index (χ4n) is 2.53. The van der Waals surface area contributed by atoms with E-state index in [4.69, 9.17) is 26.8 Å². The van der Waals surface area contributed by atoms with Crippen molar-refractivity contribution in [3.05, 3.63) is 58.6 Å². The van der Waals surface area contributed by atoms with Crippen LogP contribution in [0.25, 0.3) is 0 Å². The molecule has 0 radical (unpaired) electrons. The van der Waals surface area contributed by atoms with Crippen molar-refractivity contribution >= 4 is 11.6 Å². The molecule has 3 nitrogen and oxygen atoms in total. The van der Waals surface area contributed by atoms with Gasteiger partial charge in [-0.25, -0.2) is 0 Å². The Kier molecular flexibility index (Phi) is 6.75. The monoisotopic (exact) mass is 333 g/mol. The van der Waals surface area contributed by atoms with Crippen molar-refractivity contribution < 1.29 is 9.47 Å². The number of rotatable bonds is 8. The smallest absolute Gasteiger partial charge is 0.161 e. The van der Waals surface area contributed by atoms with Gasteiger partial charge in [-0.1, -0.05) is 36.7 Å². The van der Waals surface area contributed by atoms with E-state index in [0.29, 0.717) is 13.2 Å². The van der Waals surface area contributed by atoms with Crippen molar-refractivity contribution in [1.82, 2.24) is 0 Å². The van der Waals surface area contributed by atoms with Crippen LogP contribution in [0.5, 0.6) is 11.5 Å². The first-order valence-electron chi connectivity index (χ1n) is 7.93. The summed E-state index contributed by atoms with van der Waals surface area (Å²) in [7, 11) is 1.66. The first-order chi connectivity index (χ1) is 11.2. The molecule has 0 saturated carbocycles. The molecule has 1 atom stereocenters. The topological polar surface area (TPSA) is 44.5 Å². The maximum atomic E-state index is 5.97. The summed E-state index contributed by atoms with van der Waals surface area (Å²) in [4.78, 5) is 0. The Morgan fingerprint density at radius 1 is 1.09 bits per heavy atom. The van der Waals surface area contributed by atoms with Crippen LogP contribution in [0.2, 0.25) is 5.02 Å². The van der Waals surface area contributed by atoms with Crippen LogP contribution in [-0.2, 0) is 6.42 Å². The highest BCUT2D eigenvalue weighted by atomic mass is 35.5. The van der Waals surface area contributed by atoms with Crippen molar-refractivity contribution in [1.29, 1.82) is 0 Å². The molecule has 2 aromatic carbocycles. The lowest BCUT2D eigenvalue weighted by atomic mass is 9.92. The summed E-state index contributed by atoms with van der Waals surface area (Å²) in [5.74, 6) is 1.80. The second-order valence-electron chi connectivity index (χ2n) is 5.52. The number of ether oxygens (including phenoxy) is 2. The lowest BCUT2D eigenvalue weighted by molar-refractivity contribution is 0.294. The molecule has 2 N–H and O–H groups in total. The third-order valence-electron chi connectivity index (χ3n) is 3.80. The molecular weight excluding hydrogens is 310 g/mol. The summed E-state index contributed by atoms with van der Waals surface area (Å²) in [5, 5.41) is 0.739. The highest BCUT2D eigenvalue weighted by Crippen LogP contribution is 2.30. The summed E-state index contributed by atoms with van der Waals surface area (Å²) in [6, 6.07) is 14.0. The third-order valence-corrected chi connectivity index (χ3v) is 4.05. The Morgan fingerprint density at radius 3 is 2.43 bits per heavy atom. The van der Waals surface area contributed by atoms with E-state index < -0.39 is 0 Å². The molecule has 0 amide bonds. The first-order valence-corrected chi connectivity index (χ1v) is 8.31. The molecule has 0 aliphatic heterocycles. The number of methoxy groups -OCH3 is 1. The SMILES string of the molecule is CCCOc1ccc(CC(CN)c2ccc(Cl)cc2)cc1OC. The second-order valence-corrected chi connectivity index (χ2v) is 5.96. The first kappa shape index (κ1) is 17.6. The van der Waals surface area contributed by atoms with Gasteiger partial charge in [-0.2, -0.15) is 0 Å². The van der Waals surface area contributed by atoms with Gasteiger partial charge >= 0.3 is 0 Å². The van der Waals surface area contributed by atoms with Gasteiger partial charge < -0.3 is 15.2 Å². The molecular formula is C19H24ClNO2. The van der Waals surface area contributed by atoms with Crippen LogP contribution in [0.1, 0.15) is 30.4 Å². The summed E-state index contributed by atoms with van der Waals surface area (Å²) in [6.07, 6.45) is 1.82. The van der Waals surface area contributed by atoms with E-state index in [0.717, 1.165) is 29.4 Å². The lowest BCUT2D eigenvalue weighted by Crippen LogP contribution is -2.15. The predicted octanol–water partition coefficient (Wildman–Crippen LogP) is 4.42. The minimum absolute atomic E-state index is 0.249. The molecule has 0 aliphatic carbocycles. The largest absolute Gasteiger partial charge is 0.493 e. The molecule has 23 heavy (non-hydrogen) atoms. The molecule has 0 spiro atoms. The number of halogens is 1. The molecule has 4 heteroatoms. The molecule has 1 unspecified atom stereocenters. The highest BCUT2D eigenvalue weighted by Gasteiger charge is 2.13. The van der Waals surface area contributed by atoms with Gasteiger partial charge in [0.25, 0.3) is 0 Å². The number of nitrogens with two attached hydrogens (primary N) is 1. The number of hydrogen-bond donors (Lipinski definition) is 1. The molecule has 2 aromatic rings. The van der Waals surface area contributed by atoms with Crippen molar-refractivity contribution in [2.75, 3.05) is 20.3 Å². The van der Waals surface area contributed by atoms with Crippen LogP contribution in [0.3, 0.4) is 0 Å². The molecule has 0 saturated heterocycles. The minimum atomic E-state index is 0.249. The molecule has 124 valence electrons. The van der Waals surface area contributed by atoms with Crippen LogP contribution in [0.15, 0.2) is 42.5 Å². The molecule has 0 aliphatic rings. The van der Waals surface area contributed by atoms with E-state index in [1.54, 1.807) is 7.11 Å². The van der Waals surface area contributed by atoms with Crippen LogP contribution >= 0.6 is 11.6 Å². The van der Waals surface area contributed by atoms with Gasteiger partial charge in [-0.15, -0.1) is 0 Å². The van der Waals surface area contributed by atoms with E-state index in [2.05, 4.69) is 13.0 Å². The lowest BCUT2D eigenvalue weighted by Gasteiger charge is -2.17. The van der Waals surface area contributed by atoms with Gasteiger partial charge in [0.15, 0.2) is 11.5 Å². The average Bonchev–Trinajstić information content (AvgIpc) is 2.59. The van der Waals surface area contributed by atoms with Crippen LogP contribution in [0, 0.1) is 0 Å². The standard InChI is InChI=1S/C19H24ClNO2/c1-3-10-23-18-9-4-14(12-19(18)22-2)11-16(13-21)15-5-7-17(20)8-6-15/h4-9,12,16H,3,10-11,13,21H2,1-2H3. The zero-order valence-electron chi connectivity index (χ0n) is 13.7. The second kappa shape index (κ2) is 8.80. The highest BCUT2D eigenvalue weighted by molar-refractivity contribution is 6.30. The van der Waals surface area contributed by atoms with Crippen molar-refractivity contribution in [2.24, 2.45) is 5.73 Å². The Morgan fingerprint density at radius 2 is 1.83 bits per heavy atom. The molecule has 0 heterocycles. The van der Waals surface area contributed by atoms with Crippen LogP contribution in [-0.4, -0.2) is 20.3 Å². The van der Waals surface area contributed by atoms with E-state index in [1.165, 1.54) is 11.1 Å². The maximum Gasteiger partial charge on any atom is 0.161 e. The van der Waals surface area contributed by atoms with E-state index in [-0.39, 0.29) is 5.92 Å². The minimum Gasteiger partial charge on any atom is -0.493 e. The summed E-state index contributed by atoms with van der Waals surface area (Å²) < 4.78 is 11.1. The Hall–Kier alpha value is -1.71. The van der Waals surface area contributed by atoms with Crippen molar-refractivity contribution in [2.45, 2.75) is 25.7 Å². The summed E-state index contributed by atoms with van der Waals surface area (Å²) in [6.45, 7) is 3.35. The zero-order chi connectivity index (χ0) is 16.7. The zero-order valence-corrected chi connectivity index (χ0v) is 14.5. The Bertz CT molecular complexity index is 613. The average molecular weight is 334 g/mol. The molecule has 0 fully saturated rings. The fraction of sp³-hybridized carbons (Fsp3) is 0.368. The summed E-state index contributed by atoms with van der Waals surface area (Å²) in [5.41, 5.74) is 8.34. The van der Waals surface area contributed by atoms with Gasteiger partial charge in [0.1, 0.15) is 0 Å². The normalized spacial score (nSPS) is 12.0. The van der Waals surface area contributed by atoms with Gasteiger partial charge in [-0.05, 0) is 54.8 Å². The van der Waals surface area contributed by atoms with E-state index in [1.807, 2.05) is 36.4 Å². The van der Waals surface area contributed by atoms with Gasteiger partial charge in [0, 0.05) is 10.9 Å². The maximum absolute atomic E-state index is 5.97. The van der Waals surface area contributed by atoms with Gasteiger partial charge in [0.05, 0.1) is 13.7 Å². The van der Waals surface area contributed by atoms with Crippen molar-refractivity contribution in [3.8, 4) is 11.5 Å². The molecule has 0 bridgehead atoms. The van der Waals surface area contributed by atoms with Gasteiger partial charge in [-0.3, -0.25) is 0 Å². The molecule has 0 aromatic heterocycles. The van der Waals surface area contributed by atoms with Crippen LogP contribution < -0.4 is 15.2 Å². The van der Waals surface area contributed by atoms with Crippen LogP contribution in [0.4, 0.5) is 0 Å². The van der Waals surface area contributed by atoms with E-state index >= 15 is 0 Å². The third kappa shape index (κ3) is 4.88. The van der Waals surface area contributed by atoms with Gasteiger partial charge in [0.2, 0.25) is 0 Å². The Balaban J connectivity index is 2.15. The quantitative estimate of drug-likeness (QED) is 0.777. The van der Waals surface area contributed by atoms with E-state index in [9.17, 15) is 0 Å². The number of hydrogen-bond acceptors (Lipinski definition) is 3. The number of benzene rings is 2.